The summed E-state index contributed by atoms with van der Waals surface area (Å²) in [7, 11) is 0. The Morgan fingerprint density at radius 3 is 2.65 bits per heavy atom. The molecule has 5 nitrogen and oxygen atoms in total. The van der Waals surface area contributed by atoms with E-state index in [0.29, 0.717) is 29.7 Å². The van der Waals surface area contributed by atoms with E-state index in [4.69, 9.17) is 9.72 Å². The molecule has 0 spiro atoms. The summed E-state index contributed by atoms with van der Waals surface area (Å²) < 4.78 is 7.33. The Balaban J connectivity index is 1.62. The quantitative estimate of drug-likeness (QED) is 0.286. The van der Waals surface area contributed by atoms with Crippen molar-refractivity contribution < 1.29 is 14.9 Å². The molecule has 3 heterocycles. The molecule has 0 aliphatic carbocycles. The van der Waals surface area contributed by atoms with Crippen LogP contribution in [0.2, 0.25) is 0 Å². The first-order valence-corrected chi connectivity index (χ1v) is 12.2. The maximum absolute atomic E-state index is 10.4. The van der Waals surface area contributed by atoms with E-state index in [0.717, 1.165) is 39.2 Å². The van der Waals surface area contributed by atoms with Crippen LogP contribution in [0, 0.1) is 6.92 Å². The van der Waals surface area contributed by atoms with Crippen molar-refractivity contribution in [3.8, 4) is 16.3 Å². The van der Waals surface area contributed by atoms with Gasteiger partial charge in [0.05, 0.1) is 28.1 Å². The van der Waals surface area contributed by atoms with Gasteiger partial charge in [0.15, 0.2) is 6.29 Å². The van der Waals surface area contributed by atoms with Crippen molar-refractivity contribution in [2.24, 2.45) is 0 Å². The number of aryl methyl sites for hydroxylation is 2. The minimum Gasteiger partial charge on any atom is -0.493 e. The van der Waals surface area contributed by atoms with Crippen molar-refractivity contribution in [3.63, 3.8) is 0 Å². The Hall–Kier alpha value is -3.32. The van der Waals surface area contributed by atoms with E-state index in [9.17, 15) is 10.2 Å². The summed E-state index contributed by atoms with van der Waals surface area (Å²) in [6.45, 7) is 4.62. The van der Waals surface area contributed by atoms with Crippen molar-refractivity contribution in [3.05, 3.63) is 89.2 Å². The number of aromatic nitrogens is 2. The lowest BCUT2D eigenvalue weighted by Crippen LogP contribution is -2.06. The number of hydrogen-bond donors (Lipinski definition) is 2. The number of thiophene rings is 1. The molecular formula is C28H26N2O3S. The number of aliphatic hydroxyl groups is 2. The van der Waals surface area contributed by atoms with Crippen molar-refractivity contribution in [2.45, 2.75) is 33.0 Å². The molecule has 2 aromatic carbocycles. The highest BCUT2D eigenvalue weighted by Gasteiger charge is 2.20. The Labute approximate surface area is 202 Å². The van der Waals surface area contributed by atoms with Crippen LogP contribution in [0.3, 0.4) is 0 Å². The first kappa shape index (κ1) is 22.5. The fraction of sp³-hybridized carbons (Fsp3) is 0.214. The van der Waals surface area contributed by atoms with Gasteiger partial charge in [-0.05, 0) is 59.7 Å². The number of aliphatic hydroxyl groups excluding tert-OH is 1. The zero-order valence-electron chi connectivity index (χ0n) is 19.2. The van der Waals surface area contributed by atoms with Gasteiger partial charge in [0, 0.05) is 29.1 Å². The second kappa shape index (κ2) is 9.50. The highest BCUT2D eigenvalue weighted by atomic mass is 32.1. The number of ether oxygens (including phenoxy) is 1. The maximum atomic E-state index is 10.4. The summed E-state index contributed by atoms with van der Waals surface area (Å²) in [5, 5.41) is 22.6. The fourth-order valence-electron chi connectivity index (χ4n) is 4.36. The molecule has 5 rings (SSSR count). The number of benzene rings is 2. The second-order valence-electron chi connectivity index (χ2n) is 8.28. The van der Waals surface area contributed by atoms with Crippen LogP contribution in [-0.4, -0.2) is 26.8 Å². The zero-order chi connectivity index (χ0) is 23.7. The van der Waals surface area contributed by atoms with Gasteiger partial charge in [0.1, 0.15) is 5.75 Å². The molecule has 2 N–H and O–H groups in total. The van der Waals surface area contributed by atoms with Gasteiger partial charge in [-0.2, -0.15) is 0 Å². The van der Waals surface area contributed by atoms with Gasteiger partial charge >= 0.3 is 0 Å². The van der Waals surface area contributed by atoms with Crippen LogP contribution in [0.5, 0.6) is 5.75 Å². The van der Waals surface area contributed by atoms with Crippen LogP contribution in [0.25, 0.3) is 31.6 Å². The first-order valence-electron chi connectivity index (χ1n) is 11.4. The molecule has 5 aromatic rings. The number of hydrogen-bond acceptors (Lipinski definition) is 6. The zero-order valence-corrected chi connectivity index (χ0v) is 20.0. The molecule has 0 atom stereocenters. The Morgan fingerprint density at radius 1 is 1.06 bits per heavy atom. The molecule has 0 fully saturated rings. The van der Waals surface area contributed by atoms with Gasteiger partial charge < -0.3 is 14.9 Å². The van der Waals surface area contributed by atoms with E-state index >= 15 is 0 Å². The molecule has 0 saturated carbocycles. The van der Waals surface area contributed by atoms with Crippen molar-refractivity contribution in [2.75, 3.05) is 6.61 Å². The molecule has 34 heavy (non-hydrogen) atoms. The first-order chi connectivity index (χ1) is 16.6. The lowest BCUT2D eigenvalue weighted by atomic mass is 10.00. The number of nitrogens with zero attached hydrogens (tertiary/aromatic N) is 2. The molecule has 0 unspecified atom stereocenters. The summed E-state index contributed by atoms with van der Waals surface area (Å²) in [6, 6.07) is 17.9. The summed E-state index contributed by atoms with van der Waals surface area (Å²) in [4.78, 5) is 10.2. The van der Waals surface area contributed by atoms with Gasteiger partial charge in [-0.3, -0.25) is 4.98 Å². The lowest BCUT2D eigenvalue weighted by molar-refractivity contribution is -0.0414. The predicted molar refractivity (Wildman–Crippen MR) is 137 cm³/mol. The molecule has 0 aliphatic heterocycles. The molecule has 0 bridgehead atoms. The second-order valence-corrected chi connectivity index (χ2v) is 9.33. The third-order valence-electron chi connectivity index (χ3n) is 6.14. The summed E-state index contributed by atoms with van der Waals surface area (Å²) >= 11 is 1.67. The number of fused-ring (bicyclic) bond motifs is 2. The van der Waals surface area contributed by atoms with E-state index in [1.165, 1.54) is 10.1 Å². The van der Waals surface area contributed by atoms with Crippen LogP contribution in [0.4, 0.5) is 0 Å². The maximum Gasteiger partial charge on any atom is 0.179 e. The molecule has 0 radical (unpaired) electrons. The summed E-state index contributed by atoms with van der Waals surface area (Å²) in [5.41, 5.74) is 5.17. The lowest BCUT2D eigenvalue weighted by Gasteiger charge is -2.17. The Kier molecular flexibility index (Phi) is 6.28. The molecular weight excluding hydrogens is 444 g/mol. The molecule has 0 saturated heterocycles. The van der Waals surface area contributed by atoms with Crippen LogP contribution < -0.4 is 4.74 Å². The molecule has 172 valence electrons. The van der Waals surface area contributed by atoms with E-state index < -0.39 is 6.29 Å². The van der Waals surface area contributed by atoms with E-state index in [2.05, 4.69) is 31.0 Å². The van der Waals surface area contributed by atoms with E-state index in [1.807, 2.05) is 42.6 Å². The van der Waals surface area contributed by atoms with Gasteiger partial charge in [0.2, 0.25) is 0 Å². The van der Waals surface area contributed by atoms with Gasteiger partial charge in [-0.15, -0.1) is 11.3 Å². The topological polar surface area (TPSA) is 75.5 Å². The smallest absolute Gasteiger partial charge is 0.179 e. The molecule has 3 aromatic heterocycles. The van der Waals surface area contributed by atoms with Crippen LogP contribution in [-0.2, 0) is 12.8 Å². The largest absolute Gasteiger partial charge is 0.493 e. The standard InChI is InChI=1S/C28H26N2O3S/c1-3-19-10-11-23(33-14-12-18-7-6-13-29-16-18)25-21(28(31)32)15-22(30-26(19)25)27-17(2)20-8-4-5-9-24(20)34-27/h4-11,13,15-16,28,31-32H,3,12,14H2,1-2H3. The van der Waals surface area contributed by atoms with E-state index in [-0.39, 0.29) is 0 Å². The minimum absolute atomic E-state index is 0.406. The Bertz CT molecular complexity index is 1460. The summed E-state index contributed by atoms with van der Waals surface area (Å²) in [5.74, 6) is 0.603. The van der Waals surface area contributed by atoms with Gasteiger partial charge in [0.25, 0.3) is 0 Å². The normalized spacial score (nSPS) is 11.6. The monoisotopic (exact) mass is 470 g/mol. The average Bonchev–Trinajstić information content (AvgIpc) is 3.20. The predicted octanol–water partition coefficient (Wildman–Crippen LogP) is 5.99. The number of rotatable bonds is 7. The van der Waals surface area contributed by atoms with Crippen molar-refractivity contribution in [1.82, 2.24) is 9.97 Å². The molecule has 6 heteroatoms. The van der Waals surface area contributed by atoms with Crippen LogP contribution in [0.15, 0.2) is 67.0 Å². The summed E-state index contributed by atoms with van der Waals surface area (Å²) in [6.07, 6.45) is 3.40. The third kappa shape index (κ3) is 4.16. The third-order valence-corrected chi connectivity index (χ3v) is 7.44. The average molecular weight is 471 g/mol. The van der Waals surface area contributed by atoms with Gasteiger partial charge in [-0.25, -0.2) is 4.98 Å². The van der Waals surface area contributed by atoms with Crippen molar-refractivity contribution in [1.29, 1.82) is 0 Å². The van der Waals surface area contributed by atoms with Crippen LogP contribution >= 0.6 is 11.3 Å². The SMILES string of the molecule is CCc1ccc(OCCc2cccnc2)c2c(C(O)O)cc(-c3sc4ccccc4c3C)nc12. The van der Waals surface area contributed by atoms with Gasteiger partial charge in [-0.1, -0.05) is 37.3 Å². The van der Waals surface area contributed by atoms with Crippen LogP contribution in [0.1, 0.15) is 35.5 Å². The van der Waals surface area contributed by atoms with Crippen molar-refractivity contribution >= 4 is 32.3 Å². The highest BCUT2D eigenvalue weighted by molar-refractivity contribution is 7.22. The number of pyridine rings is 2. The minimum atomic E-state index is -1.65. The molecule has 0 amide bonds. The van der Waals surface area contributed by atoms with E-state index in [1.54, 1.807) is 23.6 Å². The molecule has 0 aliphatic rings. The Morgan fingerprint density at radius 2 is 1.91 bits per heavy atom. The highest BCUT2D eigenvalue weighted by Crippen LogP contribution is 2.41. The fourth-order valence-corrected chi connectivity index (χ4v) is 5.53.